The molecule has 1 amide bonds. The van der Waals surface area contributed by atoms with Crippen LogP contribution in [0.3, 0.4) is 0 Å². The van der Waals surface area contributed by atoms with Crippen LogP contribution in [0.15, 0.2) is 83.7 Å². The van der Waals surface area contributed by atoms with Gasteiger partial charge in [-0.05, 0) is 29.3 Å². The molecule has 4 rings (SSSR count). The summed E-state index contributed by atoms with van der Waals surface area (Å²) in [5.41, 5.74) is 3.04. The minimum atomic E-state index is -0.241. The van der Waals surface area contributed by atoms with Gasteiger partial charge in [0.1, 0.15) is 6.54 Å². The Balaban J connectivity index is 1.55. The molecule has 0 aliphatic heterocycles. The second kappa shape index (κ2) is 8.46. The average Bonchev–Trinajstić information content (AvgIpc) is 2.81. The normalized spacial score (nSPS) is 10.5. The summed E-state index contributed by atoms with van der Waals surface area (Å²) in [6.07, 6.45) is 5.36. The molecule has 146 valence electrons. The van der Waals surface area contributed by atoms with Crippen LogP contribution in [0.25, 0.3) is 21.9 Å². The van der Waals surface area contributed by atoms with E-state index in [4.69, 9.17) is 6.42 Å². The summed E-state index contributed by atoms with van der Waals surface area (Å²) >= 11 is 0. The van der Waals surface area contributed by atoms with E-state index in [0.717, 1.165) is 11.1 Å². The van der Waals surface area contributed by atoms with Crippen LogP contribution in [0, 0.1) is 12.3 Å². The van der Waals surface area contributed by atoms with Crippen molar-refractivity contribution in [3.05, 3.63) is 100 Å². The van der Waals surface area contributed by atoms with Crippen molar-refractivity contribution in [2.45, 2.75) is 13.1 Å². The fourth-order valence-corrected chi connectivity index (χ4v) is 3.34. The van der Waals surface area contributed by atoms with E-state index in [9.17, 15) is 9.59 Å². The van der Waals surface area contributed by atoms with Gasteiger partial charge in [0.05, 0.1) is 17.6 Å². The van der Waals surface area contributed by atoms with Crippen LogP contribution in [0.4, 0.5) is 0 Å². The summed E-state index contributed by atoms with van der Waals surface area (Å²) in [6, 6.07) is 24.6. The van der Waals surface area contributed by atoms with Crippen LogP contribution < -0.4 is 10.9 Å². The number of amides is 1. The molecule has 0 radical (unpaired) electrons. The number of hydrogen-bond donors (Lipinski definition) is 1. The lowest BCUT2D eigenvalue weighted by molar-refractivity contribution is 0.0950. The molecule has 5 nitrogen and oxygen atoms in total. The monoisotopic (exact) mass is 393 g/mol. The molecule has 30 heavy (non-hydrogen) atoms. The average molecular weight is 393 g/mol. The van der Waals surface area contributed by atoms with Gasteiger partial charge in [0, 0.05) is 10.9 Å². The first kappa shape index (κ1) is 19.2. The van der Waals surface area contributed by atoms with E-state index in [-0.39, 0.29) is 24.6 Å². The van der Waals surface area contributed by atoms with Crippen molar-refractivity contribution >= 4 is 16.7 Å². The number of benzene rings is 3. The molecule has 5 heteroatoms. The molecule has 4 aromatic rings. The molecule has 0 aliphatic carbocycles. The fourth-order valence-electron chi connectivity index (χ4n) is 3.34. The number of fused-ring (bicyclic) bond motifs is 1. The third-order valence-electron chi connectivity index (χ3n) is 4.86. The number of nitrogens with zero attached hydrogens (tertiary/aromatic N) is 2. The van der Waals surface area contributed by atoms with Crippen molar-refractivity contribution in [2.75, 3.05) is 0 Å². The van der Waals surface area contributed by atoms with Gasteiger partial charge in [-0.25, -0.2) is 4.68 Å². The maximum Gasteiger partial charge on any atom is 0.275 e. The first-order valence-corrected chi connectivity index (χ1v) is 9.53. The lowest BCUT2D eigenvalue weighted by Gasteiger charge is -2.11. The Bertz CT molecular complexity index is 1300. The van der Waals surface area contributed by atoms with Crippen molar-refractivity contribution < 1.29 is 4.79 Å². The van der Waals surface area contributed by atoms with Crippen LogP contribution in [-0.2, 0) is 13.1 Å². The third kappa shape index (κ3) is 3.85. The van der Waals surface area contributed by atoms with Gasteiger partial charge in [-0.15, -0.1) is 6.42 Å². The highest BCUT2D eigenvalue weighted by Crippen LogP contribution is 2.19. The van der Waals surface area contributed by atoms with Gasteiger partial charge < -0.3 is 5.32 Å². The first-order valence-electron chi connectivity index (χ1n) is 9.53. The number of hydrogen-bond acceptors (Lipinski definition) is 3. The quantitative estimate of drug-likeness (QED) is 0.527. The predicted octanol–water partition coefficient (Wildman–Crippen LogP) is 3.63. The summed E-state index contributed by atoms with van der Waals surface area (Å²) in [5, 5.41) is 8.47. The summed E-state index contributed by atoms with van der Waals surface area (Å²) in [6.45, 7) is 0.260. The number of nitrogens with one attached hydrogen (secondary N) is 1. The minimum absolute atomic E-state index is 0.0750. The maximum atomic E-state index is 12.6. The molecule has 3 aromatic carbocycles. The van der Waals surface area contributed by atoms with Crippen molar-refractivity contribution in [1.82, 2.24) is 15.1 Å². The van der Waals surface area contributed by atoms with E-state index in [1.165, 1.54) is 4.68 Å². The fraction of sp³-hybridized carbons (Fsp3) is 0.0800. The molecule has 0 unspecified atom stereocenters. The zero-order chi connectivity index (χ0) is 20.9. The Morgan fingerprint density at radius 1 is 0.900 bits per heavy atom. The Morgan fingerprint density at radius 2 is 1.53 bits per heavy atom. The van der Waals surface area contributed by atoms with Crippen LogP contribution in [0.2, 0.25) is 0 Å². The van der Waals surface area contributed by atoms with Crippen LogP contribution in [0.1, 0.15) is 16.1 Å². The van der Waals surface area contributed by atoms with Crippen molar-refractivity contribution in [2.24, 2.45) is 0 Å². The number of carbonyl (C=O) groups is 1. The predicted molar refractivity (Wildman–Crippen MR) is 118 cm³/mol. The lowest BCUT2D eigenvalue weighted by atomic mass is 10.0. The maximum absolute atomic E-state index is 12.6. The third-order valence-corrected chi connectivity index (χ3v) is 4.86. The molecule has 0 spiro atoms. The molecule has 1 heterocycles. The zero-order valence-electron chi connectivity index (χ0n) is 16.2. The van der Waals surface area contributed by atoms with Gasteiger partial charge in [-0.1, -0.05) is 66.6 Å². The highest BCUT2D eigenvalue weighted by Gasteiger charge is 2.12. The number of aromatic nitrogens is 2. The highest BCUT2D eigenvalue weighted by molar-refractivity contribution is 5.95. The van der Waals surface area contributed by atoms with Crippen molar-refractivity contribution in [3.8, 4) is 23.5 Å². The van der Waals surface area contributed by atoms with Gasteiger partial charge in [-0.2, -0.15) is 5.10 Å². The van der Waals surface area contributed by atoms with Gasteiger partial charge >= 0.3 is 0 Å². The van der Waals surface area contributed by atoms with E-state index < -0.39 is 0 Å². The van der Waals surface area contributed by atoms with Crippen molar-refractivity contribution in [3.63, 3.8) is 0 Å². The molecule has 1 aromatic heterocycles. The summed E-state index contributed by atoms with van der Waals surface area (Å²) in [4.78, 5) is 25.1. The smallest absolute Gasteiger partial charge is 0.275 e. The topological polar surface area (TPSA) is 64.0 Å². The van der Waals surface area contributed by atoms with Crippen LogP contribution in [-0.4, -0.2) is 15.7 Å². The first-order chi connectivity index (χ1) is 14.7. The van der Waals surface area contributed by atoms with Gasteiger partial charge in [0.2, 0.25) is 0 Å². The Kier molecular flexibility index (Phi) is 5.40. The van der Waals surface area contributed by atoms with Crippen LogP contribution in [0.5, 0.6) is 0 Å². The SMILES string of the molecule is C#CCn1nc(CNC(=O)c2ccc(-c3ccccc3)cc2)c2ccccc2c1=O. The second-order valence-electron chi connectivity index (χ2n) is 6.79. The number of rotatable bonds is 5. The molecule has 0 saturated carbocycles. The Hall–Kier alpha value is -4.17. The van der Waals surface area contributed by atoms with E-state index in [1.807, 2.05) is 54.6 Å². The van der Waals surface area contributed by atoms with Gasteiger partial charge in [0.15, 0.2) is 0 Å². The lowest BCUT2D eigenvalue weighted by Crippen LogP contribution is -2.28. The Morgan fingerprint density at radius 3 is 2.23 bits per heavy atom. The summed E-state index contributed by atoms with van der Waals surface area (Å²) in [7, 11) is 0. The largest absolute Gasteiger partial charge is 0.346 e. The molecule has 0 fully saturated rings. The number of carbonyl (C=O) groups excluding carboxylic acids is 1. The van der Waals surface area contributed by atoms with E-state index >= 15 is 0 Å². The minimum Gasteiger partial charge on any atom is -0.346 e. The molecule has 0 bridgehead atoms. The highest BCUT2D eigenvalue weighted by atomic mass is 16.1. The zero-order valence-corrected chi connectivity index (χ0v) is 16.2. The number of terminal acetylenes is 1. The molecular weight excluding hydrogens is 374 g/mol. The Labute approximate surface area is 174 Å². The van der Waals surface area contributed by atoms with E-state index in [2.05, 4.69) is 16.3 Å². The second-order valence-corrected chi connectivity index (χ2v) is 6.79. The molecular formula is C25H19N3O2. The van der Waals surface area contributed by atoms with Gasteiger partial charge in [0.25, 0.3) is 11.5 Å². The van der Waals surface area contributed by atoms with E-state index in [0.29, 0.717) is 22.0 Å². The standard InChI is InChI=1S/C25H19N3O2/c1-2-16-28-25(30)22-11-7-6-10-21(22)23(27-28)17-26-24(29)20-14-12-19(13-15-20)18-8-4-3-5-9-18/h1,3-15H,16-17H2,(H,26,29). The summed E-state index contributed by atoms with van der Waals surface area (Å²) in [5.74, 6) is 2.23. The van der Waals surface area contributed by atoms with Crippen LogP contribution >= 0.6 is 0 Å². The molecule has 0 saturated heterocycles. The molecule has 0 atom stereocenters. The molecule has 1 N–H and O–H groups in total. The van der Waals surface area contributed by atoms with Crippen molar-refractivity contribution in [1.29, 1.82) is 0 Å². The van der Waals surface area contributed by atoms with E-state index in [1.54, 1.807) is 24.3 Å². The van der Waals surface area contributed by atoms with Gasteiger partial charge in [-0.3, -0.25) is 9.59 Å². The molecule has 0 aliphatic rings. The summed E-state index contributed by atoms with van der Waals surface area (Å²) < 4.78 is 1.25.